The van der Waals surface area contributed by atoms with Gasteiger partial charge in [-0.3, -0.25) is 0 Å². The van der Waals surface area contributed by atoms with Crippen LogP contribution in [-0.2, 0) is 0 Å². The molecule has 0 aromatic carbocycles. The van der Waals surface area contributed by atoms with E-state index in [4.69, 9.17) is 20.4 Å². The van der Waals surface area contributed by atoms with Crippen LogP contribution < -0.4 is 0 Å². The molecule has 10 heavy (non-hydrogen) atoms. The van der Waals surface area contributed by atoms with E-state index in [0.717, 1.165) is 0 Å². The molecule has 4 heteroatoms. The summed E-state index contributed by atoms with van der Waals surface area (Å²) >= 11 is 0. The van der Waals surface area contributed by atoms with Gasteiger partial charge in [-0.25, -0.2) is 0 Å². The van der Waals surface area contributed by atoms with Crippen LogP contribution in [0.15, 0.2) is 0 Å². The number of hydrogen-bond donors (Lipinski definition) is 4. The van der Waals surface area contributed by atoms with Gasteiger partial charge in [0.15, 0.2) is 0 Å². The molecule has 4 N–H and O–H groups in total. The molecule has 0 radical (unpaired) electrons. The third-order valence-electron chi connectivity index (χ3n) is 1.63. The molecule has 0 aromatic heterocycles. The van der Waals surface area contributed by atoms with Crippen molar-refractivity contribution in [3.8, 4) is 0 Å². The fourth-order valence-electron chi connectivity index (χ4n) is 0.566. The van der Waals surface area contributed by atoms with Crippen LogP contribution >= 0.6 is 0 Å². The van der Waals surface area contributed by atoms with Crippen LogP contribution in [0.5, 0.6) is 0 Å². The van der Waals surface area contributed by atoms with E-state index in [1.54, 1.807) is 0 Å². The van der Waals surface area contributed by atoms with Crippen molar-refractivity contribution in [2.45, 2.75) is 38.3 Å². The average molecular weight is 150 g/mol. The first-order valence-electron chi connectivity index (χ1n) is 3.27. The summed E-state index contributed by atoms with van der Waals surface area (Å²) in [5.74, 6) is -4.80. The Morgan fingerprint density at radius 3 is 1.10 bits per heavy atom. The summed E-state index contributed by atoms with van der Waals surface area (Å²) < 4.78 is 0. The predicted molar refractivity (Wildman–Crippen MR) is 34.9 cm³/mol. The normalized spacial score (nSPS) is 13.8. The zero-order valence-electron chi connectivity index (χ0n) is 6.20. The van der Waals surface area contributed by atoms with Crippen LogP contribution in [0.1, 0.15) is 26.7 Å². The third kappa shape index (κ3) is 1.67. The monoisotopic (exact) mass is 150 g/mol. The highest BCUT2D eigenvalue weighted by Crippen LogP contribution is 2.22. The summed E-state index contributed by atoms with van der Waals surface area (Å²) in [5.41, 5.74) is 0. The lowest BCUT2D eigenvalue weighted by molar-refractivity contribution is -0.358. The Balaban J connectivity index is 4.28. The highest BCUT2D eigenvalue weighted by molar-refractivity contribution is 4.78. The largest absolute Gasteiger partial charge is 0.361 e. The lowest BCUT2D eigenvalue weighted by Crippen LogP contribution is -2.53. The first kappa shape index (κ1) is 9.84. The van der Waals surface area contributed by atoms with Crippen LogP contribution in [0.2, 0.25) is 0 Å². The highest BCUT2D eigenvalue weighted by atomic mass is 16.6. The van der Waals surface area contributed by atoms with Gasteiger partial charge in [0.1, 0.15) is 0 Å². The maximum atomic E-state index is 8.91. The molecule has 0 amide bonds. The first-order chi connectivity index (χ1) is 4.37. The van der Waals surface area contributed by atoms with Gasteiger partial charge in [-0.1, -0.05) is 13.8 Å². The molecule has 0 bridgehead atoms. The molecule has 62 valence electrons. The van der Waals surface area contributed by atoms with Gasteiger partial charge in [0.2, 0.25) is 11.6 Å². The van der Waals surface area contributed by atoms with E-state index in [1.165, 1.54) is 13.8 Å². The lowest BCUT2D eigenvalue weighted by Gasteiger charge is -2.33. The molecule has 0 atom stereocenters. The predicted octanol–water partition coefficient (Wildman–Crippen LogP) is -0.832. The summed E-state index contributed by atoms with van der Waals surface area (Å²) in [5, 5.41) is 35.6. The van der Waals surface area contributed by atoms with Crippen LogP contribution in [0.4, 0.5) is 0 Å². The van der Waals surface area contributed by atoms with Crippen molar-refractivity contribution in [2.24, 2.45) is 0 Å². The molecule has 0 unspecified atom stereocenters. The van der Waals surface area contributed by atoms with E-state index in [-0.39, 0.29) is 12.8 Å². The Morgan fingerprint density at radius 1 is 0.800 bits per heavy atom. The van der Waals surface area contributed by atoms with Crippen molar-refractivity contribution >= 4 is 0 Å². The smallest absolute Gasteiger partial charge is 0.218 e. The molecule has 0 heterocycles. The molecule has 4 nitrogen and oxygen atoms in total. The fraction of sp³-hybridized carbons (Fsp3) is 1.00. The van der Waals surface area contributed by atoms with Gasteiger partial charge in [-0.2, -0.15) is 0 Å². The van der Waals surface area contributed by atoms with Gasteiger partial charge in [0, 0.05) is 12.8 Å². The minimum Gasteiger partial charge on any atom is -0.361 e. The van der Waals surface area contributed by atoms with Crippen molar-refractivity contribution in [1.29, 1.82) is 0 Å². The molecule has 0 aliphatic heterocycles. The highest BCUT2D eigenvalue weighted by Gasteiger charge is 2.43. The number of hydrogen-bond acceptors (Lipinski definition) is 4. The Kier molecular flexibility index (Phi) is 2.79. The van der Waals surface area contributed by atoms with Crippen molar-refractivity contribution in [2.75, 3.05) is 0 Å². The molecule has 0 aromatic rings. The Bertz CT molecular complexity index is 94.3. The topological polar surface area (TPSA) is 80.9 Å². The van der Waals surface area contributed by atoms with Crippen molar-refractivity contribution in [3.05, 3.63) is 0 Å². The van der Waals surface area contributed by atoms with E-state index >= 15 is 0 Å². The fourth-order valence-corrected chi connectivity index (χ4v) is 0.566. The molecular formula is C6H14O4. The molecule has 0 spiro atoms. The Hall–Kier alpha value is -0.160. The minimum atomic E-state index is -2.40. The zero-order chi connectivity index (χ0) is 8.41. The van der Waals surface area contributed by atoms with E-state index in [9.17, 15) is 0 Å². The van der Waals surface area contributed by atoms with Gasteiger partial charge in [0.25, 0.3) is 0 Å². The van der Waals surface area contributed by atoms with Crippen LogP contribution in [0.25, 0.3) is 0 Å². The number of rotatable bonds is 3. The maximum absolute atomic E-state index is 8.91. The second-order valence-electron chi connectivity index (χ2n) is 2.34. The van der Waals surface area contributed by atoms with Crippen molar-refractivity contribution in [3.63, 3.8) is 0 Å². The molecule has 0 aliphatic carbocycles. The minimum absolute atomic E-state index is 0.117. The SMILES string of the molecule is CCC(O)(O)C(O)(O)CC. The van der Waals surface area contributed by atoms with Crippen molar-refractivity contribution in [1.82, 2.24) is 0 Å². The van der Waals surface area contributed by atoms with Crippen LogP contribution in [0, 0.1) is 0 Å². The standard InChI is InChI=1S/C6H14O4/c1-3-5(7,8)6(9,10)4-2/h7-10H,3-4H2,1-2H3. The molecule has 0 aliphatic rings. The molecule has 0 rings (SSSR count). The summed E-state index contributed by atoms with van der Waals surface area (Å²) in [4.78, 5) is 0. The molecule has 0 saturated heterocycles. The van der Waals surface area contributed by atoms with Crippen molar-refractivity contribution < 1.29 is 20.4 Å². The van der Waals surface area contributed by atoms with E-state index in [1.807, 2.05) is 0 Å². The summed E-state index contributed by atoms with van der Waals surface area (Å²) in [6, 6.07) is 0. The first-order valence-corrected chi connectivity index (χ1v) is 3.27. The molecular weight excluding hydrogens is 136 g/mol. The molecule has 0 saturated carbocycles. The van der Waals surface area contributed by atoms with E-state index in [2.05, 4.69) is 0 Å². The lowest BCUT2D eigenvalue weighted by atomic mass is 10.0. The third-order valence-corrected chi connectivity index (χ3v) is 1.63. The second-order valence-corrected chi connectivity index (χ2v) is 2.34. The summed E-state index contributed by atoms with van der Waals surface area (Å²) in [7, 11) is 0. The Labute approximate surface area is 59.7 Å². The zero-order valence-corrected chi connectivity index (χ0v) is 6.20. The van der Waals surface area contributed by atoms with E-state index in [0.29, 0.717) is 0 Å². The van der Waals surface area contributed by atoms with Crippen LogP contribution in [-0.4, -0.2) is 32.0 Å². The Morgan fingerprint density at radius 2 is 1.00 bits per heavy atom. The van der Waals surface area contributed by atoms with Gasteiger partial charge < -0.3 is 20.4 Å². The summed E-state index contributed by atoms with van der Waals surface area (Å²) in [6.45, 7) is 2.91. The summed E-state index contributed by atoms with van der Waals surface area (Å²) in [6.07, 6.45) is -0.234. The molecule has 0 fully saturated rings. The number of aliphatic hydroxyl groups is 4. The van der Waals surface area contributed by atoms with Gasteiger partial charge in [-0.15, -0.1) is 0 Å². The van der Waals surface area contributed by atoms with Gasteiger partial charge in [-0.05, 0) is 0 Å². The van der Waals surface area contributed by atoms with Gasteiger partial charge in [0.05, 0.1) is 0 Å². The van der Waals surface area contributed by atoms with Crippen LogP contribution in [0.3, 0.4) is 0 Å². The van der Waals surface area contributed by atoms with E-state index < -0.39 is 11.6 Å². The average Bonchev–Trinajstić information content (AvgIpc) is 1.88. The quantitative estimate of drug-likeness (QED) is 0.396. The van der Waals surface area contributed by atoms with Gasteiger partial charge >= 0.3 is 0 Å². The maximum Gasteiger partial charge on any atom is 0.218 e. The second kappa shape index (κ2) is 2.84.